The number of halogens is 1. The Labute approximate surface area is 126 Å². The van der Waals surface area contributed by atoms with Crippen LogP contribution in [-0.4, -0.2) is 32.2 Å². The Hall–Kier alpha value is -0.950. The van der Waals surface area contributed by atoms with Crippen molar-refractivity contribution < 1.29 is 9.52 Å². The van der Waals surface area contributed by atoms with Crippen LogP contribution < -0.4 is 0 Å². The molecule has 5 nitrogen and oxygen atoms in total. The third kappa shape index (κ3) is 3.03. The zero-order valence-electron chi connectivity index (χ0n) is 10.9. The molecule has 0 bridgehead atoms. The normalized spacial score (nSPS) is 21.4. The highest BCUT2D eigenvalue weighted by atomic mass is 35.5. The molecular weight excluding hydrogens is 298 g/mol. The predicted molar refractivity (Wildman–Crippen MR) is 76.6 cm³/mol. The Balaban J connectivity index is 1.62. The van der Waals surface area contributed by atoms with Crippen LogP contribution in [0.3, 0.4) is 0 Å². The fourth-order valence-electron chi connectivity index (χ4n) is 2.71. The van der Waals surface area contributed by atoms with Crippen LogP contribution in [0.4, 0.5) is 0 Å². The molecule has 0 spiro atoms. The molecule has 7 heteroatoms. The van der Waals surface area contributed by atoms with E-state index in [4.69, 9.17) is 16.0 Å². The van der Waals surface area contributed by atoms with Crippen LogP contribution >= 0.6 is 23.1 Å². The first-order chi connectivity index (χ1) is 9.74. The van der Waals surface area contributed by atoms with Crippen molar-refractivity contribution in [3.8, 4) is 0 Å². The van der Waals surface area contributed by atoms with Crippen LogP contribution in [0.5, 0.6) is 0 Å². The highest BCUT2D eigenvalue weighted by Crippen LogP contribution is 2.30. The van der Waals surface area contributed by atoms with Gasteiger partial charge in [-0.1, -0.05) is 16.1 Å². The Morgan fingerprint density at radius 1 is 1.60 bits per heavy atom. The summed E-state index contributed by atoms with van der Waals surface area (Å²) in [6, 6.07) is 3.93. The molecule has 3 rings (SSSR count). The molecular formula is C13H16ClN3O2S. The zero-order valence-corrected chi connectivity index (χ0v) is 12.5. The first-order valence-electron chi connectivity index (χ1n) is 6.66. The van der Waals surface area contributed by atoms with Gasteiger partial charge in [0.25, 0.3) is 0 Å². The number of rotatable bonds is 5. The van der Waals surface area contributed by atoms with E-state index in [9.17, 15) is 5.11 Å². The quantitative estimate of drug-likeness (QED) is 0.919. The summed E-state index contributed by atoms with van der Waals surface area (Å²) in [7, 11) is 0. The van der Waals surface area contributed by atoms with Crippen molar-refractivity contribution in [2.45, 2.75) is 38.0 Å². The molecule has 0 saturated carbocycles. The van der Waals surface area contributed by atoms with E-state index in [1.54, 1.807) is 12.3 Å². The molecule has 2 aromatic rings. The monoisotopic (exact) mass is 313 g/mol. The fraction of sp³-hybridized carbons (Fsp3) is 0.538. The molecule has 3 heterocycles. The number of furan rings is 1. The molecule has 0 aromatic carbocycles. The third-order valence-corrected chi connectivity index (χ3v) is 4.71. The summed E-state index contributed by atoms with van der Waals surface area (Å²) < 4.78 is 9.77. The van der Waals surface area contributed by atoms with Gasteiger partial charge in [0.2, 0.25) is 0 Å². The molecule has 1 aliphatic rings. The van der Waals surface area contributed by atoms with Crippen LogP contribution in [0, 0.1) is 0 Å². The molecule has 1 aliphatic heterocycles. The van der Waals surface area contributed by atoms with E-state index in [0.29, 0.717) is 29.1 Å². The number of aromatic nitrogens is 2. The lowest BCUT2D eigenvalue weighted by Gasteiger charge is -2.25. The van der Waals surface area contributed by atoms with Gasteiger partial charge in [-0.15, -0.1) is 5.10 Å². The van der Waals surface area contributed by atoms with E-state index >= 15 is 0 Å². The Bertz CT molecular complexity index is 546. The zero-order chi connectivity index (χ0) is 13.9. The number of hydrogen-bond acceptors (Lipinski definition) is 6. The average molecular weight is 314 g/mol. The van der Waals surface area contributed by atoms with Crippen molar-refractivity contribution in [2.75, 3.05) is 6.54 Å². The van der Waals surface area contributed by atoms with Gasteiger partial charge in [0.15, 0.2) is 0 Å². The summed E-state index contributed by atoms with van der Waals surface area (Å²) in [5.74, 6) is 0.630. The number of aliphatic hydroxyl groups excluding tert-OH is 1. The topological polar surface area (TPSA) is 62.4 Å². The number of nitrogens with zero attached hydrogens (tertiary/aromatic N) is 3. The van der Waals surface area contributed by atoms with Crippen molar-refractivity contribution in [3.05, 3.63) is 34.2 Å². The lowest BCUT2D eigenvalue weighted by atomic mass is 10.1. The number of likely N-dealkylation sites (tertiary alicyclic amines) is 1. The van der Waals surface area contributed by atoms with Gasteiger partial charge in [-0.2, -0.15) is 0 Å². The maximum Gasteiger partial charge on any atom is 0.138 e. The lowest BCUT2D eigenvalue weighted by Crippen LogP contribution is -2.30. The highest BCUT2D eigenvalue weighted by Gasteiger charge is 2.29. The Morgan fingerprint density at radius 3 is 3.20 bits per heavy atom. The van der Waals surface area contributed by atoms with Gasteiger partial charge in [-0.3, -0.25) is 4.90 Å². The van der Waals surface area contributed by atoms with Crippen molar-refractivity contribution in [3.63, 3.8) is 0 Å². The van der Waals surface area contributed by atoms with Gasteiger partial charge < -0.3 is 9.52 Å². The molecule has 2 aromatic heterocycles. The van der Waals surface area contributed by atoms with Gasteiger partial charge in [0.1, 0.15) is 21.9 Å². The summed E-state index contributed by atoms with van der Waals surface area (Å²) in [6.07, 6.45) is 3.91. The second-order valence-electron chi connectivity index (χ2n) is 5.03. The summed E-state index contributed by atoms with van der Waals surface area (Å²) in [5, 5.41) is 14.3. The van der Waals surface area contributed by atoms with Crippen molar-refractivity contribution in [1.29, 1.82) is 0 Å². The molecule has 0 radical (unpaired) electrons. The van der Waals surface area contributed by atoms with Crippen LogP contribution in [0.15, 0.2) is 22.8 Å². The Morgan fingerprint density at radius 2 is 2.50 bits per heavy atom. The average Bonchev–Trinajstić information content (AvgIpc) is 3.14. The molecule has 0 amide bonds. The fourth-order valence-corrected chi connectivity index (χ4v) is 3.32. The van der Waals surface area contributed by atoms with E-state index < -0.39 is 6.10 Å². The van der Waals surface area contributed by atoms with Crippen LogP contribution in [-0.2, 0) is 6.54 Å². The number of aliphatic hydroxyl groups is 1. The molecule has 1 N–H and O–H groups in total. The minimum Gasteiger partial charge on any atom is -0.467 e. The largest absolute Gasteiger partial charge is 0.467 e. The maximum absolute atomic E-state index is 10.2. The predicted octanol–water partition coefficient (Wildman–Crippen LogP) is 2.87. The molecule has 20 heavy (non-hydrogen) atoms. The molecule has 1 fully saturated rings. The van der Waals surface area contributed by atoms with E-state index in [0.717, 1.165) is 25.1 Å². The first kappa shape index (κ1) is 14.0. The summed E-state index contributed by atoms with van der Waals surface area (Å²) >= 11 is 7.27. The molecule has 1 saturated heterocycles. The summed E-state index contributed by atoms with van der Waals surface area (Å²) in [6.45, 7) is 1.70. The number of hydrogen-bond donors (Lipinski definition) is 1. The van der Waals surface area contributed by atoms with Gasteiger partial charge in [-0.05, 0) is 37.9 Å². The van der Waals surface area contributed by atoms with Crippen LogP contribution in [0.2, 0.25) is 4.34 Å². The molecule has 2 atom stereocenters. The van der Waals surface area contributed by atoms with Crippen LogP contribution in [0.25, 0.3) is 0 Å². The minimum absolute atomic E-state index is 0.327. The SMILES string of the molecule is OC(CC1CCCN1Cc1nnsc1Cl)c1ccco1. The van der Waals surface area contributed by atoms with Crippen molar-refractivity contribution >= 4 is 23.1 Å². The van der Waals surface area contributed by atoms with E-state index in [2.05, 4.69) is 14.5 Å². The van der Waals surface area contributed by atoms with Gasteiger partial charge in [-0.25, -0.2) is 0 Å². The molecule has 108 valence electrons. The third-order valence-electron chi connectivity index (χ3n) is 3.73. The lowest BCUT2D eigenvalue weighted by molar-refractivity contribution is 0.0991. The van der Waals surface area contributed by atoms with Crippen LogP contribution in [0.1, 0.15) is 36.8 Å². The van der Waals surface area contributed by atoms with Gasteiger partial charge in [0.05, 0.1) is 6.26 Å². The van der Waals surface area contributed by atoms with Gasteiger partial charge in [0, 0.05) is 24.1 Å². The van der Waals surface area contributed by atoms with E-state index in [1.165, 1.54) is 11.5 Å². The summed E-state index contributed by atoms with van der Waals surface area (Å²) in [5.41, 5.74) is 0.830. The Kier molecular flexibility index (Phi) is 4.35. The van der Waals surface area contributed by atoms with Gasteiger partial charge >= 0.3 is 0 Å². The standard InChI is InChI=1S/C13H16ClN3O2S/c14-13-10(15-16-20-13)8-17-5-1-3-9(17)7-11(18)12-4-2-6-19-12/h2,4,6,9,11,18H,1,3,5,7-8H2. The minimum atomic E-state index is -0.556. The van der Waals surface area contributed by atoms with Crippen molar-refractivity contribution in [2.24, 2.45) is 0 Å². The second-order valence-corrected chi connectivity index (χ2v) is 6.38. The van der Waals surface area contributed by atoms with Crippen molar-refractivity contribution in [1.82, 2.24) is 14.5 Å². The smallest absolute Gasteiger partial charge is 0.138 e. The molecule has 0 aliphatic carbocycles. The van der Waals surface area contributed by atoms with E-state index in [1.807, 2.05) is 6.07 Å². The molecule has 2 unspecified atom stereocenters. The maximum atomic E-state index is 10.2. The highest BCUT2D eigenvalue weighted by molar-refractivity contribution is 7.10. The first-order valence-corrected chi connectivity index (χ1v) is 7.81. The van der Waals surface area contributed by atoms with E-state index in [-0.39, 0.29) is 0 Å². The summed E-state index contributed by atoms with van der Waals surface area (Å²) in [4.78, 5) is 2.31. The second kappa shape index (κ2) is 6.22.